The molecule has 3 aromatic rings. The number of nitrogens with one attached hydrogen (secondary N) is 1. The SMILES string of the molecule is Fc1c(-c2ccccc2)ncnc1N1CCN(Cc2n[nH]c3c2CCCC3)CC1. The van der Waals surface area contributed by atoms with Crippen LogP contribution in [0.4, 0.5) is 10.2 Å². The zero-order chi connectivity index (χ0) is 19.6. The van der Waals surface area contributed by atoms with Crippen molar-refractivity contribution >= 4 is 5.82 Å². The number of H-pyrrole nitrogens is 1. The van der Waals surface area contributed by atoms with Gasteiger partial charge in [0, 0.05) is 44.0 Å². The van der Waals surface area contributed by atoms with Gasteiger partial charge in [0.2, 0.25) is 0 Å². The summed E-state index contributed by atoms with van der Waals surface area (Å²) in [6.07, 6.45) is 6.22. The second-order valence-electron chi connectivity index (χ2n) is 7.82. The smallest absolute Gasteiger partial charge is 0.191 e. The average Bonchev–Trinajstić information content (AvgIpc) is 3.18. The number of anilines is 1. The second-order valence-corrected chi connectivity index (χ2v) is 7.82. The molecule has 5 rings (SSSR count). The van der Waals surface area contributed by atoms with E-state index < -0.39 is 0 Å². The molecule has 6 nitrogen and oxygen atoms in total. The van der Waals surface area contributed by atoms with Gasteiger partial charge >= 0.3 is 0 Å². The number of hydrogen-bond donors (Lipinski definition) is 1. The van der Waals surface area contributed by atoms with Crippen molar-refractivity contribution < 1.29 is 4.39 Å². The van der Waals surface area contributed by atoms with Gasteiger partial charge in [0.25, 0.3) is 0 Å². The zero-order valence-corrected chi connectivity index (χ0v) is 16.4. The van der Waals surface area contributed by atoms with Crippen LogP contribution >= 0.6 is 0 Å². The van der Waals surface area contributed by atoms with Gasteiger partial charge in [-0.15, -0.1) is 0 Å². The van der Waals surface area contributed by atoms with E-state index in [2.05, 4.69) is 25.1 Å². The fourth-order valence-corrected chi connectivity index (χ4v) is 4.39. The predicted octanol–water partition coefficient (Wildman–Crippen LogP) is 3.21. The van der Waals surface area contributed by atoms with Gasteiger partial charge < -0.3 is 4.90 Å². The lowest BCUT2D eigenvalue weighted by molar-refractivity contribution is 0.245. The number of nitrogens with zero attached hydrogens (tertiary/aromatic N) is 5. The number of fused-ring (bicyclic) bond motifs is 1. The van der Waals surface area contributed by atoms with Crippen LogP contribution in [-0.2, 0) is 19.4 Å². The van der Waals surface area contributed by atoms with Gasteiger partial charge in [-0.3, -0.25) is 10.00 Å². The maximum atomic E-state index is 15.1. The summed E-state index contributed by atoms with van der Waals surface area (Å²) in [5.41, 5.74) is 5.07. The Hall–Kier alpha value is -2.80. The van der Waals surface area contributed by atoms with E-state index in [0.717, 1.165) is 51.1 Å². The van der Waals surface area contributed by atoms with E-state index in [-0.39, 0.29) is 5.82 Å². The summed E-state index contributed by atoms with van der Waals surface area (Å²) in [7, 11) is 0. The van der Waals surface area contributed by atoms with Crippen LogP contribution in [0.5, 0.6) is 0 Å². The fraction of sp³-hybridized carbons (Fsp3) is 0.409. The summed E-state index contributed by atoms with van der Waals surface area (Å²) in [6, 6.07) is 9.45. The third kappa shape index (κ3) is 3.62. The normalized spacial score (nSPS) is 17.3. The molecule has 1 N–H and O–H groups in total. The number of halogens is 1. The molecule has 150 valence electrons. The summed E-state index contributed by atoms with van der Waals surface area (Å²) in [6.45, 7) is 4.09. The first-order valence-electron chi connectivity index (χ1n) is 10.4. The van der Waals surface area contributed by atoms with Gasteiger partial charge in [0.05, 0.1) is 5.69 Å². The number of aryl methyl sites for hydroxylation is 1. The largest absolute Gasteiger partial charge is 0.352 e. The fourth-order valence-electron chi connectivity index (χ4n) is 4.39. The minimum atomic E-state index is -0.339. The molecule has 0 unspecified atom stereocenters. The number of rotatable bonds is 4. The number of hydrogen-bond acceptors (Lipinski definition) is 5. The van der Waals surface area contributed by atoms with Gasteiger partial charge in [0.1, 0.15) is 12.0 Å². The van der Waals surface area contributed by atoms with Crippen LogP contribution in [0.3, 0.4) is 0 Å². The van der Waals surface area contributed by atoms with Crippen molar-refractivity contribution in [3.8, 4) is 11.3 Å². The maximum absolute atomic E-state index is 15.1. The molecule has 0 spiro atoms. The Morgan fingerprint density at radius 3 is 2.59 bits per heavy atom. The van der Waals surface area contributed by atoms with Crippen LogP contribution in [-0.4, -0.2) is 51.2 Å². The lowest BCUT2D eigenvalue weighted by Crippen LogP contribution is -2.46. The van der Waals surface area contributed by atoms with Gasteiger partial charge in [-0.05, 0) is 31.2 Å². The summed E-state index contributed by atoms with van der Waals surface area (Å²) in [5, 5.41) is 7.79. The molecule has 1 fully saturated rings. The highest BCUT2D eigenvalue weighted by atomic mass is 19.1. The Kier molecular flexibility index (Phi) is 4.97. The lowest BCUT2D eigenvalue weighted by atomic mass is 9.96. The summed E-state index contributed by atoms with van der Waals surface area (Å²) >= 11 is 0. The molecule has 1 saturated heterocycles. The minimum Gasteiger partial charge on any atom is -0.352 e. The van der Waals surface area contributed by atoms with E-state index in [1.54, 1.807) is 0 Å². The molecule has 0 amide bonds. The summed E-state index contributed by atoms with van der Waals surface area (Å²) < 4.78 is 15.1. The van der Waals surface area contributed by atoms with Crippen molar-refractivity contribution in [2.75, 3.05) is 31.1 Å². The Morgan fingerprint density at radius 1 is 0.966 bits per heavy atom. The van der Waals surface area contributed by atoms with E-state index >= 15 is 4.39 Å². The predicted molar refractivity (Wildman–Crippen MR) is 110 cm³/mol. The molecule has 1 aromatic carbocycles. The van der Waals surface area contributed by atoms with Crippen LogP contribution in [0.15, 0.2) is 36.7 Å². The molecule has 0 saturated carbocycles. The van der Waals surface area contributed by atoms with Gasteiger partial charge in [-0.25, -0.2) is 14.4 Å². The summed E-state index contributed by atoms with van der Waals surface area (Å²) in [5.74, 6) is 0.0594. The van der Waals surface area contributed by atoms with E-state index in [1.165, 1.54) is 36.1 Å². The van der Waals surface area contributed by atoms with E-state index in [9.17, 15) is 0 Å². The molecule has 1 aliphatic carbocycles. The Morgan fingerprint density at radius 2 is 1.76 bits per heavy atom. The maximum Gasteiger partial charge on any atom is 0.191 e. The number of piperazine rings is 1. The van der Waals surface area contributed by atoms with Crippen molar-refractivity contribution in [1.82, 2.24) is 25.1 Å². The molecule has 2 aliphatic rings. The average molecular weight is 392 g/mol. The molecule has 3 heterocycles. The van der Waals surface area contributed by atoms with Crippen LogP contribution in [0.1, 0.15) is 29.8 Å². The van der Waals surface area contributed by atoms with Crippen molar-refractivity contribution in [2.24, 2.45) is 0 Å². The molecule has 7 heteroatoms. The standard InChI is InChI=1S/C22H25FN6/c23-20-21(16-6-2-1-3-7-16)24-15-25-22(20)29-12-10-28(11-13-29)14-19-17-8-4-5-9-18(17)26-27-19/h1-3,6-7,15H,4-5,8-14H2,(H,26,27). The third-order valence-corrected chi connectivity index (χ3v) is 6.01. The summed E-state index contributed by atoms with van der Waals surface area (Å²) in [4.78, 5) is 12.9. The monoisotopic (exact) mass is 392 g/mol. The van der Waals surface area contributed by atoms with Crippen molar-refractivity contribution in [2.45, 2.75) is 32.2 Å². The van der Waals surface area contributed by atoms with Crippen molar-refractivity contribution in [1.29, 1.82) is 0 Å². The molecular weight excluding hydrogens is 367 g/mol. The Labute approximate surface area is 169 Å². The number of aromatic amines is 1. The molecule has 1 aliphatic heterocycles. The van der Waals surface area contributed by atoms with Crippen LogP contribution in [0.2, 0.25) is 0 Å². The second kappa shape index (κ2) is 7.91. The molecule has 0 atom stereocenters. The first-order chi connectivity index (χ1) is 14.3. The van der Waals surface area contributed by atoms with E-state index in [1.807, 2.05) is 35.2 Å². The highest BCUT2D eigenvalue weighted by molar-refractivity contribution is 5.63. The zero-order valence-electron chi connectivity index (χ0n) is 16.4. The quantitative estimate of drug-likeness (QED) is 0.739. The van der Waals surface area contributed by atoms with Crippen LogP contribution in [0.25, 0.3) is 11.3 Å². The molecule has 0 bridgehead atoms. The first kappa shape index (κ1) is 18.2. The lowest BCUT2D eigenvalue weighted by Gasteiger charge is -2.35. The van der Waals surface area contributed by atoms with Crippen molar-refractivity contribution in [3.63, 3.8) is 0 Å². The minimum absolute atomic E-state index is 0.339. The first-order valence-corrected chi connectivity index (χ1v) is 10.4. The highest BCUT2D eigenvalue weighted by Crippen LogP contribution is 2.27. The topological polar surface area (TPSA) is 60.9 Å². The van der Waals surface area contributed by atoms with Gasteiger partial charge in [0.15, 0.2) is 11.6 Å². The number of aromatic nitrogens is 4. The number of benzene rings is 1. The molecular formula is C22H25FN6. The van der Waals surface area contributed by atoms with Crippen molar-refractivity contribution in [3.05, 3.63) is 59.4 Å². The molecule has 2 aromatic heterocycles. The third-order valence-electron chi connectivity index (χ3n) is 6.01. The van der Waals surface area contributed by atoms with Gasteiger partial charge in [-0.2, -0.15) is 5.10 Å². The molecule has 29 heavy (non-hydrogen) atoms. The van der Waals surface area contributed by atoms with E-state index in [0.29, 0.717) is 11.5 Å². The van der Waals surface area contributed by atoms with Crippen LogP contribution in [0, 0.1) is 5.82 Å². The molecule has 0 radical (unpaired) electrons. The van der Waals surface area contributed by atoms with Gasteiger partial charge in [-0.1, -0.05) is 30.3 Å². The highest BCUT2D eigenvalue weighted by Gasteiger charge is 2.25. The van der Waals surface area contributed by atoms with E-state index in [4.69, 9.17) is 0 Å². The Bertz CT molecular complexity index is 978. The Balaban J connectivity index is 1.27. The van der Waals surface area contributed by atoms with Crippen LogP contribution < -0.4 is 4.90 Å².